The molecule has 0 aliphatic carbocycles. The highest BCUT2D eigenvalue weighted by atomic mass is 16.5. The van der Waals surface area contributed by atoms with E-state index in [1.807, 2.05) is 20.0 Å². The average Bonchev–Trinajstić information content (AvgIpc) is 2.10. The van der Waals surface area contributed by atoms with Crippen molar-refractivity contribution in [3.63, 3.8) is 0 Å². The normalized spacial score (nSPS) is 10.1. The summed E-state index contributed by atoms with van der Waals surface area (Å²) in [7, 11) is 1.94. The van der Waals surface area contributed by atoms with Crippen molar-refractivity contribution in [2.75, 3.05) is 13.7 Å². The second-order valence-corrected chi connectivity index (χ2v) is 3.07. The van der Waals surface area contributed by atoms with E-state index in [1.54, 1.807) is 0 Å². The smallest absolute Gasteiger partial charge is 0.123 e. The van der Waals surface area contributed by atoms with E-state index in [1.165, 1.54) is 11.1 Å². The van der Waals surface area contributed by atoms with Crippen LogP contribution in [0, 0.1) is 6.92 Å². The number of aryl methyl sites for hydroxylation is 1. The molecule has 13 heavy (non-hydrogen) atoms. The van der Waals surface area contributed by atoms with Crippen LogP contribution in [-0.2, 0) is 6.54 Å². The molecule has 1 aromatic rings. The molecule has 72 valence electrons. The van der Waals surface area contributed by atoms with Crippen molar-refractivity contribution in [1.82, 2.24) is 5.32 Å². The minimum atomic E-state index is 0.722. The molecule has 0 saturated heterocycles. The lowest BCUT2D eigenvalue weighted by Gasteiger charge is -2.10. The third kappa shape index (κ3) is 2.74. The zero-order chi connectivity index (χ0) is 9.68. The lowest BCUT2D eigenvalue weighted by atomic mass is 10.1. The Hall–Kier alpha value is -1.02. The minimum Gasteiger partial charge on any atom is -0.494 e. The second-order valence-electron chi connectivity index (χ2n) is 3.07. The fraction of sp³-hybridized carbons (Fsp3) is 0.455. The van der Waals surface area contributed by atoms with Gasteiger partial charge in [-0.05, 0) is 27.0 Å². The maximum absolute atomic E-state index is 5.50. The molecule has 1 aromatic carbocycles. The molecular formula is C11H17NO. The van der Waals surface area contributed by atoms with Crippen LogP contribution in [0.4, 0.5) is 0 Å². The molecule has 0 aliphatic rings. The molecule has 0 aromatic heterocycles. The number of rotatable bonds is 4. The molecule has 0 radical (unpaired) electrons. The third-order valence-electron chi connectivity index (χ3n) is 1.88. The number of hydrogen-bond donors (Lipinski definition) is 1. The first-order chi connectivity index (χ1) is 6.27. The van der Waals surface area contributed by atoms with Crippen molar-refractivity contribution in [3.8, 4) is 5.75 Å². The van der Waals surface area contributed by atoms with Crippen molar-refractivity contribution in [1.29, 1.82) is 0 Å². The van der Waals surface area contributed by atoms with Crippen molar-refractivity contribution >= 4 is 0 Å². The highest BCUT2D eigenvalue weighted by molar-refractivity contribution is 5.36. The van der Waals surface area contributed by atoms with E-state index in [4.69, 9.17) is 4.74 Å². The first-order valence-electron chi connectivity index (χ1n) is 4.65. The van der Waals surface area contributed by atoms with Gasteiger partial charge in [0.25, 0.3) is 0 Å². The lowest BCUT2D eigenvalue weighted by molar-refractivity contribution is 0.336. The first-order valence-corrected chi connectivity index (χ1v) is 4.65. The Labute approximate surface area is 79.9 Å². The van der Waals surface area contributed by atoms with Crippen LogP contribution in [0.3, 0.4) is 0 Å². The molecule has 0 aliphatic heterocycles. The Morgan fingerprint density at radius 2 is 2.15 bits per heavy atom. The van der Waals surface area contributed by atoms with Gasteiger partial charge in [0.15, 0.2) is 0 Å². The van der Waals surface area contributed by atoms with Gasteiger partial charge < -0.3 is 10.1 Å². The monoisotopic (exact) mass is 179 g/mol. The van der Waals surface area contributed by atoms with Gasteiger partial charge in [-0.1, -0.05) is 17.7 Å². The van der Waals surface area contributed by atoms with Crippen LogP contribution in [0.2, 0.25) is 0 Å². The third-order valence-corrected chi connectivity index (χ3v) is 1.88. The Kier molecular flexibility index (Phi) is 3.77. The summed E-state index contributed by atoms with van der Waals surface area (Å²) >= 11 is 0. The van der Waals surface area contributed by atoms with E-state index in [9.17, 15) is 0 Å². The van der Waals surface area contributed by atoms with Crippen LogP contribution in [0.5, 0.6) is 5.75 Å². The fourth-order valence-electron chi connectivity index (χ4n) is 1.33. The van der Waals surface area contributed by atoms with E-state index in [0.29, 0.717) is 0 Å². The second kappa shape index (κ2) is 4.87. The van der Waals surface area contributed by atoms with Crippen LogP contribution in [-0.4, -0.2) is 13.7 Å². The van der Waals surface area contributed by atoms with Gasteiger partial charge in [0.2, 0.25) is 0 Å². The van der Waals surface area contributed by atoms with Gasteiger partial charge in [-0.3, -0.25) is 0 Å². The maximum Gasteiger partial charge on any atom is 0.123 e. The Bertz CT molecular complexity index is 271. The zero-order valence-electron chi connectivity index (χ0n) is 8.55. The van der Waals surface area contributed by atoms with Crippen LogP contribution in [0.15, 0.2) is 18.2 Å². The van der Waals surface area contributed by atoms with E-state index >= 15 is 0 Å². The Morgan fingerprint density at radius 3 is 2.77 bits per heavy atom. The molecule has 0 heterocycles. The van der Waals surface area contributed by atoms with Gasteiger partial charge >= 0.3 is 0 Å². The summed E-state index contributed by atoms with van der Waals surface area (Å²) in [6.07, 6.45) is 0. The number of ether oxygens (including phenoxy) is 1. The molecule has 0 unspecified atom stereocenters. The molecular weight excluding hydrogens is 162 g/mol. The average molecular weight is 179 g/mol. The summed E-state index contributed by atoms with van der Waals surface area (Å²) < 4.78 is 5.50. The van der Waals surface area contributed by atoms with Gasteiger partial charge in [0, 0.05) is 12.1 Å². The number of benzene rings is 1. The molecule has 2 heteroatoms. The van der Waals surface area contributed by atoms with E-state index < -0.39 is 0 Å². The summed E-state index contributed by atoms with van der Waals surface area (Å²) in [4.78, 5) is 0. The maximum atomic E-state index is 5.50. The minimum absolute atomic E-state index is 0.722. The van der Waals surface area contributed by atoms with Crippen molar-refractivity contribution in [2.45, 2.75) is 20.4 Å². The van der Waals surface area contributed by atoms with Crippen molar-refractivity contribution < 1.29 is 4.74 Å². The Morgan fingerprint density at radius 1 is 1.38 bits per heavy atom. The fourth-order valence-corrected chi connectivity index (χ4v) is 1.33. The van der Waals surface area contributed by atoms with Gasteiger partial charge in [0.1, 0.15) is 5.75 Å². The summed E-state index contributed by atoms with van der Waals surface area (Å²) in [5.74, 6) is 0.988. The molecule has 0 atom stereocenters. The van der Waals surface area contributed by atoms with E-state index in [-0.39, 0.29) is 0 Å². The predicted molar refractivity (Wildman–Crippen MR) is 55.1 cm³/mol. The first kappa shape index (κ1) is 10.1. The zero-order valence-corrected chi connectivity index (χ0v) is 8.55. The standard InChI is InChI=1S/C11H17NO/c1-4-13-11-6-5-9(2)7-10(11)8-12-3/h5-7,12H,4,8H2,1-3H3. The van der Waals surface area contributed by atoms with Crippen molar-refractivity contribution in [2.24, 2.45) is 0 Å². The summed E-state index contributed by atoms with van der Waals surface area (Å²) in [6.45, 7) is 5.68. The van der Waals surface area contributed by atoms with Crippen LogP contribution >= 0.6 is 0 Å². The van der Waals surface area contributed by atoms with Gasteiger partial charge in [0.05, 0.1) is 6.61 Å². The number of hydrogen-bond acceptors (Lipinski definition) is 2. The van der Waals surface area contributed by atoms with Crippen molar-refractivity contribution in [3.05, 3.63) is 29.3 Å². The highest BCUT2D eigenvalue weighted by Crippen LogP contribution is 2.19. The largest absolute Gasteiger partial charge is 0.494 e. The quantitative estimate of drug-likeness (QED) is 0.764. The molecule has 1 N–H and O–H groups in total. The van der Waals surface area contributed by atoms with Crippen LogP contribution in [0.1, 0.15) is 18.1 Å². The molecule has 0 bridgehead atoms. The summed E-state index contributed by atoms with van der Waals surface area (Å²) in [6, 6.07) is 6.26. The van der Waals surface area contributed by atoms with Gasteiger partial charge in [-0.15, -0.1) is 0 Å². The molecule has 0 amide bonds. The van der Waals surface area contributed by atoms with Crippen LogP contribution in [0.25, 0.3) is 0 Å². The summed E-state index contributed by atoms with van der Waals surface area (Å²) in [5.41, 5.74) is 2.50. The molecule has 0 spiro atoms. The van der Waals surface area contributed by atoms with Gasteiger partial charge in [-0.25, -0.2) is 0 Å². The predicted octanol–water partition coefficient (Wildman–Crippen LogP) is 2.11. The SMILES string of the molecule is CCOc1ccc(C)cc1CNC. The molecule has 2 nitrogen and oxygen atoms in total. The molecule has 0 fully saturated rings. The lowest BCUT2D eigenvalue weighted by Crippen LogP contribution is -2.07. The van der Waals surface area contributed by atoms with E-state index in [2.05, 4.69) is 24.4 Å². The Balaban J connectivity index is 2.89. The highest BCUT2D eigenvalue weighted by Gasteiger charge is 2.01. The van der Waals surface area contributed by atoms with Crippen LogP contribution < -0.4 is 10.1 Å². The van der Waals surface area contributed by atoms with Gasteiger partial charge in [-0.2, -0.15) is 0 Å². The number of nitrogens with one attached hydrogen (secondary N) is 1. The molecule has 1 rings (SSSR count). The summed E-state index contributed by atoms with van der Waals surface area (Å²) in [5, 5.41) is 3.13. The van der Waals surface area contributed by atoms with E-state index in [0.717, 1.165) is 18.9 Å². The topological polar surface area (TPSA) is 21.3 Å². The molecule has 0 saturated carbocycles.